The molecule has 0 saturated heterocycles. The van der Waals surface area contributed by atoms with Gasteiger partial charge in [-0.1, -0.05) is 13.0 Å². The van der Waals surface area contributed by atoms with Crippen molar-refractivity contribution in [2.75, 3.05) is 20.8 Å². The SMILES string of the molecule is CCNC(C)c1ccc(OC)c(OC)c1. The molecule has 1 N–H and O–H groups in total. The maximum atomic E-state index is 5.25. The standard InChI is InChI=1S/C12H19NO2/c1-5-13-9(2)10-6-7-11(14-3)12(8-10)15-4/h6-9,13H,5H2,1-4H3. The summed E-state index contributed by atoms with van der Waals surface area (Å²) in [5.74, 6) is 1.55. The zero-order chi connectivity index (χ0) is 11.3. The average molecular weight is 209 g/mol. The van der Waals surface area contributed by atoms with E-state index in [1.165, 1.54) is 5.56 Å². The predicted octanol–water partition coefficient (Wildman–Crippen LogP) is 2.37. The molecular formula is C12H19NO2. The van der Waals surface area contributed by atoms with Crippen LogP contribution in [0.1, 0.15) is 25.5 Å². The molecule has 1 aromatic rings. The molecule has 0 heterocycles. The van der Waals surface area contributed by atoms with Crippen molar-refractivity contribution in [3.05, 3.63) is 23.8 Å². The van der Waals surface area contributed by atoms with Crippen molar-refractivity contribution in [3.63, 3.8) is 0 Å². The van der Waals surface area contributed by atoms with Gasteiger partial charge in [-0.2, -0.15) is 0 Å². The first-order valence-electron chi connectivity index (χ1n) is 5.18. The fourth-order valence-corrected chi connectivity index (χ4v) is 1.55. The van der Waals surface area contributed by atoms with Crippen LogP contribution in [-0.2, 0) is 0 Å². The van der Waals surface area contributed by atoms with Gasteiger partial charge in [-0.15, -0.1) is 0 Å². The highest BCUT2D eigenvalue weighted by Crippen LogP contribution is 2.29. The Labute approximate surface area is 91.4 Å². The molecule has 0 aromatic heterocycles. The van der Waals surface area contributed by atoms with E-state index >= 15 is 0 Å². The Balaban J connectivity index is 2.92. The Morgan fingerprint density at radius 2 is 1.87 bits per heavy atom. The zero-order valence-corrected chi connectivity index (χ0v) is 9.83. The molecule has 0 saturated carbocycles. The molecule has 1 atom stereocenters. The summed E-state index contributed by atoms with van der Waals surface area (Å²) in [6.45, 7) is 5.18. The van der Waals surface area contributed by atoms with Gasteiger partial charge >= 0.3 is 0 Å². The molecule has 0 amide bonds. The van der Waals surface area contributed by atoms with Crippen LogP contribution in [0, 0.1) is 0 Å². The number of rotatable bonds is 5. The number of methoxy groups -OCH3 is 2. The molecule has 3 nitrogen and oxygen atoms in total. The molecule has 0 aliphatic carbocycles. The third kappa shape index (κ3) is 2.86. The van der Waals surface area contributed by atoms with Crippen LogP contribution >= 0.6 is 0 Å². The highest BCUT2D eigenvalue weighted by atomic mass is 16.5. The minimum absolute atomic E-state index is 0.329. The number of nitrogens with one attached hydrogen (secondary N) is 1. The topological polar surface area (TPSA) is 30.5 Å². The summed E-state index contributed by atoms with van der Waals surface area (Å²) in [5.41, 5.74) is 1.20. The second-order valence-corrected chi connectivity index (χ2v) is 3.39. The fraction of sp³-hybridized carbons (Fsp3) is 0.500. The highest BCUT2D eigenvalue weighted by molar-refractivity contribution is 5.43. The van der Waals surface area contributed by atoms with E-state index in [1.807, 2.05) is 12.1 Å². The van der Waals surface area contributed by atoms with E-state index in [1.54, 1.807) is 14.2 Å². The molecular weight excluding hydrogens is 190 g/mol. The van der Waals surface area contributed by atoms with Crippen LogP contribution in [0.5, 0.6) is 11.5 Å². The van der Waals surface area contributed by atoms with Crippen molar-refractivity contribution in [1.82, 2.24) is 5.32 Å². The molecule has 1 unspecified atom stereocenters. The zero-order valence-electron chi connectivity index (χ0n) is 9.83. The normalized spacial score (nSPS) is 12.3. The van der Waals surface area contributed by atoms with Gasteiger partial charge < -0.3 is 14.8 Å². The van der Waals surface area contributed by atoms with Crippen molar-refractivity contribution in [3.8, 4) is 11.5 Å². The first kappa shape index (κ1) is 11.9. The van der Waals surface area contributed by atoms with Crippen LogP contribution in [0.25, 0.3) is 0 Å². The van der Waals surface area contributed by atoms with Gasteiger partial charge in [0.05, 0.1) is 14.2 Å². The Bertz CT molecular complexity index is 312. The van der Waals surface area contributed by atoms with Crippen molar-refractivity contribution in [2.45, 2.75) is 19.9 Å². The number of hydrogen-bond donors (Lipinski definition) is 1. The second-order valence-electron chi connectivity index (χ2n) is 3.39. The van der Waals surface area contributed by atoms with Crippen LogP contribution in [0.2, 0.25) is 0 Å². The lowest BCUT2D eigenvalue weighted by molar-refractivity contribution is 0.354. The fourth-order valence-electron chi connectivity index (χ4n) is 1.55. The second kappa shape index (κ2) is 5.61. The Hall–Kier alpha value is -1.22. The van der Waals surface area contributed by atoms with Gasteiger partial charge in [0.1, 0.15) is 0 Å². The Morgan fingerprint density at radius 3 is 2.40 bits per heavy atom. The Morgan fingerprint density at radius 1 is 1.20 bits per heavy atom. The Kier molecular flexibility index (Phi) is 4.43. The minimum atomic E-state index is 0.329. The smallest absolute Gasteiger partial charge is 0.161 e. The lowest BCUT2D eigenvalue weighted by Crippen LogP contribution is -2.17. The lowest BCUT2D eigenvalue weighted by Gasteiger charge is -2.15. The summed E-state index contributed by atoms with van der Waals surface area (Å²) in [6, 6.07) is 6.32. The summed E-state index contributed by atoms with van der Waals surface area (Å²) >= 11 is 0. The summed E-state index contributed by atoms with van der Waals surface area (Å²) in [5, 5.41) is 3.35. The molecule has 0 aliphatic rings. The first-order chi connectivity index (χ1) is 7.22. The molecule has 0 fully saturated rings. The molecule has 84 valence electrons. The maximum absolute atomic E-state index is 5.25. The van der Waals surface area contributed by atoms with Crippen molar-refractivity contribution in [2.24, 2.45) is 0 Å². The summed E-state index contributed by atoms with van der Waals surface area (Å²) < 4.78 is 10.4. The van der Waals surface area contributed by atoms with E-state index < -0.39 is 0 Å². The van der Waals surface area contributed by atoms with Gasteiger partial charge in [0.2, 0.25) is 0 Å². The summed E-state index contributed by atoms with van der Waals surface area (Å²) in [6.07, 6.45) is 0. The molecule has 1 aromatic carbocycles. The van der Waals surface area contributed by atoms with Crippen molar-refractivity contribution < 1.29 is 9.47 Å². The highest BCUT2D eigenvalue weighted by Gasteiger charge is 2.08. The molecule has 15 heavy (non-hydrogen) atoms. The summed E-state index contributed by atoms with van der Waals surface area (Å²) in [4.78, 5) is 0. The molecule has 0 spiro atoms. The van der Waals surface area contributed by atoms with Crippen LogP contribution in [0.3, 0.4) is 0 Å². The first-order valence-corrected chi connectivity index (χ1v) is 5.18. The van der Waals surface area contributed by atoms with Gasteiger partial charge in [0.25, 0.3) is 0 Å². The lowest BCUT2D eigenvalue weighted by atomic mass is 10.1. The van der Waals surface area contributed by atoms with Crippen LogP contribution in [0.15, 0.2) is 18.2 Å². The average Bonchev–Trinajstić information content (AvgIpc) is 2.28. The summed E-state index contributed by atoms with van der Waals surface area (Å²) in [7, 11) is 3.30. The molecule has 3 heteroatoms. The molecule has 0 radical (unpaired) electrons. The molecule has 0 aliphatic heterocycles. The van der Waals surface area contributed by atoms with Gasteiger partial charge in [-0.05, 0) is 31.2 Å². The van der Waals surface area contributed by atoms with Crippen LogP contribution in [-0.4, -0.2) is 20.8 Å². The van der Waals surface area contributed by atoms with E-state index in [0.717, 1.165) is 18.0 Å². The third-order valence-electron chi connectivity index (χ3n) is 2.42. The van der Waals surface area contributed by atoms with Crippen LogP contribution in [0.4, 0.5) is 0 Å². The quantitative estimate of drug-likeness (QED) is 0.807. The predicted molar refractivity (Wildman–Crippen MR) is 61.6 cm³/mol. The minimum Gasteiger partial charge on any atom is -0.493 e. The van der Waals surface area contributed by atoms with Crippen LogP contribution < -0.4 is 14.8 Å². The van der Waals surface area contributed by atoms with E-state index in [4.69, 9.17) is 9.47 Å². The van der Waals surface area contributed by atoms with Gasteiger partial charge in [0.15, 0.2) is 11.5 Å². The van der Waals surface area contributed by atoms with Crippen molar-refractivity contribution >= 4 is 0 Å². The van der Waals surface area contributed by atoms with E-state index in [2.05, 4.69) is 25.2 Å². The number of ether oxygens (including phenoxy) is 2. The number of hydrogen-bond acceptors (Lipinski definition) is 3. The van der Waals surface area contributed by atoms with E-state index in [9.17, 15) is 0 Å². The largest absolute Gasteiger partial charge is 0.493 e. The number of benzene rings is 1. The third-order valence-corrected chi connectivity index (χ3v) is 2.42. The van der Waals surface area contributed by atoms with Crippen molar-refractivity contribution in [1.29, 1.82) is 0 Å². The monoisotopic (exact) mass is 209 g/mol. The molecule has 1 rings (SSSR count). The molecule has 0 bridgehead atoms. The van der Waals surface area contributed by atoms with Gasteiger partial charge in [0, 0.05) is 6.04 Å². The van der Waals surface area contributed by atoms with Gasteiger partial charge in [-0.3, -0.25) is 0 Å². The van der Waals surface area contributed by atoms with Gasteiger partial charge in [-0.25, -0.2) is 0 Å². The van der Waals surface area contributed by atoms with E-state index in [-0.39, 0.29) is 0 Å². The van der Waals surface area contributed by atoms with E-state index in [0.29, 0.717) is 6.04 Å². The maximum Gasteiger partial charge on any atom is 0.161 e.